The van der Waals surface area contributed by atoms with Gasteiger partial charge in [0.15, 0.2) is 0 Å². The van der Waals surface area contributed by atoms with Crippen molar-refractivity contribution in [2.75, 3.05) is 0 Å². The van der Waals surface area contributed by atoms with E-state index in [9.17, 15) is 4.79 Å². The molecule has 2 unspecified atom stereocenters. The zero-order valence-electron chi connectivity index (χ0n) is 10.6. The fourth-order valence-electron chi connectivity index (χ4n) is 2.46. The molecule has 0 aromatic heterocycles. The molecule has 94 valence electrons. The van der Waals surface area contributed by atoms with Crippen LogP contribution in [0.2, 0.25) is 0 Å². The summed E-state index contributed by atoms with van der Waals surface area (Å²) in [7, 11) is 0. The van der Waals surface area contributed by atoms with Crippen LogP contribution in [0.4, 0.5) is 0 Å². The van der Waals surface area contributed by atoms with Crippen LogP contribution >= 0.6 is 0 Å². The highest BCUT2D eigenvalue weighted by Gasteiger charge is 2.28. The Labute approximate surface area is 98.7 Å². The number of hydrogen-bond donors (Lipinski definition) is 1. The monoisotopic (exact) mass is 227 g/mol. The first-order valence-electron chi connectivity index (χ1n) is 6.65. The predicted octanol–water partition coefficient (Wildman–Crippen LogP) is 2.63. The molecule has 0 aromatic rings. The second-order valence-electron chi connectivity index (χ2n) is 4.82. The zero-order chi connectivity index (χ0) is 12.0. The molecule has 2 N–H and O–H groups in total. The van der Waals surface area contributed by atoms with Crippen molar-refractivity contribution < 1.29 is 9.53 Å². The summed E-state index contributed by atoms with van der Waals surface area (Å²) in [4.78, 5) is 11.7. The number of nitrogens with two attached hydrogens (primary N) is 1. The first-order valence-corrected chi connectivity index (χ1v) is 6.65. The van der Waals surface area contributed by atoms with E-state index in [-0.39, 0.29) is 12.1 Å². The maximum atomic E-state index is 11.7. The van der Waals surface area contributed by atoms with Crippen molar-refractivity contribution in [3.63, 3.8) is 0 Å². The Hall–Kier alpha value is -0.570. The van der Waals surface area contributed by atoms with Crippen LogP contribution < -0.4 is 5.73 Å². The van der Waals surface area contributed by atoms with Crippen molar-refractivity contribution in [1.29, 1.82) is 0 Å². The standard InChI is InChI=1S/C13H25NO2/c1-3-7-11(14)13(15)16-12-9-6-5-8-10(12)4-2/h10-12H,3-9,14H2,1-2H3/t10?,11-,12?/m0/s1. The minimum Gasteiger partial charge on any atom is -0.461 e. The van der Waals surface area contributed by atoms with Crippen molar-refractivity contribution in [1.82, 2.24) is 0 Å². The molecule has 1 saturated carbocycles. The summed E-state index contributed by atoms with van der Waals surface area (Å²) < 4.78 is 5.55. The quantitative estimate of drug-likeness (QED) is 0.735. The van der Waals surface area contributed by atoms with Crippen LogP contribution in [0.15, 0.2) is 0 Å². The summed E-state index contributed by atoms with van der Waals surface area (Å²) in [6, 6.07) is -0.426. The summed E-state index contributed by atoms with van der Waals surface area (Å²) in [5.74, 6) is 0.346. The lowest BCUT2D eigenvalue weighted by molar-refractivity contribution is -0.155. The van der Waals surface area contributed by atoms with Crippen LogP contribution in [-0.2, 0) is 9.53 Å². The van der Waals surface area contributed by atoms with Gasteiger partial charge in [0.25, 0.3) is 0 Å². The molecule has 1 aliphatic carbocycles. The minimum atomic E-state index is -0.426. The largest absolute Gasteiger partial charge is 0.461 e. The Bertz CT molecular complexity index is 218. The molecule has 0 spiro atoms. The van der Waals surface area contributed by atoms with Crippen molar-refractivity contribution >= 4 is 5.97 Å². The maximum absolute atomic E-state index is 11.7. The number of esters is 1. The van der Waals surface area contributed by atoms with Gasteiger partial charge in [0.05, 0.1) is 0 Å². The van der Waals surface area contributed by atoms with Gasteiger partial charge in [0.1, 0.15) is 12.1 Å². The SMILES string of the molecule is CCC[C@H](N)C(=O)OC1CCCCC1CC. The summed E-state index contributed by atoms with van der Waals surface area (Å²) in [5.41, 5.74) is 5.76. The van der Waals surface area contributed by atoms with Gasteiger partial charge in [-0.05, 0) is 38.0 Å². The van der Waals surface area contributed by atoms with Gasteiger partial charge in [0, 0.05) is 0 Å². The van der Waals surface area contributed by atoms with Gasteiger partial charge in [-0.2, -0.15) is 0 Å². The summed E-state index contributed by atoms with van der Waals surface area (Å²) in [5, 5.41) is 0. The van der Waals surface area contributed by atoms with Gasteiger partial charge >= 0.3 is 5.97 Å². The van der Waals surface area contributed by atoms with Gasteiger partial charge in [-0.25, -0.2) is 0 Å². The third-order valence-electron chi connectivity index (χ3n) is 3.53. The maximum Gasteiger partial charge on any atom is 0.323 e. The third-order valence-corrected chi connectivity index (χ3v) is 3.53. The van der Waals surface area contributed by atoms with Crippen LogP contribution in [0.3, 0.4) is 0 Å². The van der Waals surface area contributed by atoms with Crippen LogP contribution in [-0.4, -0.2) is 18.1 Å². The third kappa shape index (κ3) is 3.78. The van der Waals surface area contributed by atoms with E-state index in [2.05, 4.69) is 6.92 Å². The number of carbonyl (C=O) groups excluding carboxylic acids is 1. The minimum absolute atomic E-state index is 0.120. The van der Waals surface area contributed by atoms with E-state index >= 15 is 0 Å². The first-order chi connectivity index (χ1) is 7.69. The summed E-state index contributed by atoms with van der Waals surface area (Å²) in [6.45, 7) is 4.20. The van der Waals surface area contributed by atoms with E-state index in [4.69, 9.17) is 10.5 Å². The summed E-state index contributed by atoms with van der Waals surface area (Å²) >= 11 is 0. The van der Waals surface area contributed by atoms with E-state index in [1.807, 2.05) is 6.92 Å². The molecule has 0 aliphatic heterocycles. The van der Waals surface area contributed by atoms with Crippen molar-refractivity contribution in [2.45, 2.75) is 70.9 Å². The molecular weight excluding hydrogens is 202 g/mol. The van der Waals surface area contributed by atoms with Gasteiger partial charge in [-0.15, -0.1) is 0 Å². The van der Waals surface area contributed by atoms with Crippen LogP contribution in [0.5, 0.6) is 0 Å². The Morgan fingerprint density at radius 3 is 2.69 bits per heavy atom. The molecule has 0 aromatic carbocycles. The molecule has 1 fully saturated rings. The Morgan fingerprint density at radius 1 is 1.38 bits per heavy atom. The molecule has 0 bridgehead atoms. The molecule has 3 heteroatoms. The smallest absolute Gasteiger partial charge is 0.323 e. The van der Waals surface area contributed by atoms with Gasteiger partial charge in [-0.3, -0.25) is 4.79 Å². The first kappa shape index (κ1) is 13.5. The Balaban J connectivity index is 2.41. The predicted molar refractivity (Wildman–Crippen MR) is 65.0 cm³/mol. The lowest BCUT2D eigenvalue weighted by Crippen LogP contribution is -2.38. The van der Waals surface area contributed by atoms with E-state index in [1.165, 1.54) is 19.3 Å². The van der Waals surface area contributed by atoms with Crippen LogP contribution in [0.25, 0.3) is 0 Å². The molecule has 1 aliphatic rings. The zero-order valence-corrected chi connectivity index (χ0v) is 10.6. The number of ether oxygens (including phenoxy) is 1. The highest BCUT2D eigenvalue weighted by molar-refractivity contribution is 5.75. The van der Waals surface area contributed by atoms with Crippen LogP contribution in [0, 0.1) is 5.92 Å². The average Bonchev–Trinajstić information content (AvgIpc) is 2.30. The molecule has 0 heterocycles. The number of rotatable bonds is 5. The van der Waals surface area contributed by atoms with Gasteiger partial charge < -0.3 is 10.5 Å². The van der Waals surface area contributed by atoms with Crippen molar-refractivity contribution in [3.8, 4) is 0 Å². The topological polar surface area (TPSA) is 52.3 Å². The van der Waals surface area contributed by atoms with Gasteiger partial charge in [-0.1, -0.05) is 26.7 Å². The highest BCUT2D eigenvalue weighted by atomic mass is 16.5. The highest BCUT2D eigenvalue weighted by Crippen LogP contribution is 2.29. The second kappa shape index (κ2) is 6.89. The summed E-state index contributed by atoms with van der Waals surface area (Å²) in [6.07, 6.45) is 7.53. The number of hydrogen-bond acceptors (Lipinski definition) is 3. The molecule has 1 rings (SSSR count). The second-order valence-corrected chi connectivity index (χ2v) is 4.82. The van der Waals surface area contributed by atoms with E-state index in [1.54, 1.807) is 0 Å². The molecule has 0 amide bonds. The molecule has 0 saturated heterocycles. The van der Waals surface area contributed by atoms with Crippen molar-refractivity contribution in [3.05, 3.63) is 0 Å². The molecule has 16 heavy (non-hydrogen) atoms. The molecular formula is C13H25NO2. The van der Waals surface area contributed by atoms with Crippen LogP contribution in [0.1, 0.15) is 58.8 Å². The molecule has 3 nitrogen and oxygen atoms in total. The van der Waals surface area contributed by atoms with E-state index in [0.717, 1.165) is 25.7 Å². The Morgan fingerprint density at radius 2 is 2.06 bits per heavy atom. The number of carbonyl (C=O) groups is 1. The molecule has 3 atom stereocenters. The van der Waals surface area contributed by atoms with Crippen molar-refractivity contribution in [2.24, 2.45) is 11.7 Å². The lowest BCUT2D eigenvalue weighted by atomic mass is 9.85. The average molecular weight is 227 g/mol. The molecule has 0 radical (unpaired) electrons. The Kier molecular flexibility index (Phi) is 5.81. The van der Waals surface area contributed by atoms with E-state index < -0.39 is 6.04 Å². The normalized spacial score (nSPS) is 27.4. The fourth-order valence-corrected chi connectivity index (χ4v) is 2.46. The van der Waals surface area contributed by atoms with E-state index in [0.29, 0.717) is 5.92 Å². The van der Waals surface area contributed by atoms with Gasteiger partial charge in [0.2, 0.25) is 0 Å². The fraction of sp³-hybridized carbons (Fsp3) is 0.923. The lowest BCUT2D eigenvalue weighted by Gasteiger charge is -2.31.